The number of piperidine rings is 1. The van der Waals surface area contributed by atoms with Gasteiger partial charge in [0.25, 0.3) is 5.56 Å². The quantitative estimate of drug-likeness (QED) is 0.159. The van der Waals surface area contributed by atoms with E-state index in [2.05, 4.69) is 56.0 Å². The lowest BCUT2D eigenvalue weighted by molar-refractivity contribution is -0.116. The zero-order valence-corrected chi connectivity index (χ0v) is 24.1. The van der Waals surface area contributed by atoms with Gasteiger partial charge in [0.2, 0.25) is 11.9 Å². The molecule has 216 valence electrons. The smallest absolute Gasteiger partial charge is 0.278 e. The minimum absolute atomic E-state index is 0.0332. The average molecular weight is 558 g/mol. The maximum absolute atomic E-state index is 13.1. The van der Waals surface area contributed by atoms with Crippen molar-refractivity contribution in [2.75, 3.05) is 36.4 Å². The molecule has 2 fully saturated rings. The van der Waals surface area contributed by atoms with E-state index < -0.39 is 0 Å². The molecule has 0 unspecified atom stereocenters. The number of rotatable bonds is 9. The number of carbonyl (C=O) groups is 1. The number of nitrogens with zero attached hydrogens (tertiary/aromatic N) is 6. The Labute approximate surface area is 240 Å². The summed E-state index contributed by atoms with van der Waals surface area (Å²) in [4.78, 5) is 39.3. The van der Waals surface area contributed by atoms with Crippen LogP contribution in [0.3, 0.4) is 0 Å². The highest BCUT2D eigenvalue weighted by Gasteiger charge is 2.28. The zero-order chi connectivity index (χ0) is 29.1. The standard InChI is InChI=1S/C30H39N9O2/c1-5-13-38-29(41)24-19-32-30(35-28(24)39(38)26(31)9-10-27(40)33-20(2)3)34-22-7-8-25(21(4)18-22)37-16-11-23(12-17-37)36-14-6-15-36/h5,7-10,18-20,23,31H,1,6,11-17H2,2-4H3,(H,33,40)(H,32,34,35)/b10-9-,31-26?. The molecule has 0 radical (unpaired) electrons. The molecule has 0 aliphatic carbocycles. The number of nitrogens with one attached hydrogen (secondary N) is 3. The van der Waals surface area contributed by atoms with Gasteiger partial charge in [0.15, 0.2) is 5.65 Å². The molecule has 41 heavy (non-hydrogen) atoms. The van der Waals surface area contributed by atoms with Crippen LogP contribution in [0.2, 0.25) is 0 Å². The van der Waals surface area contributed by atoms with Crippen LogP contribution >= 0.6 is 0 Å². The molecular weight excluding hydrogens is 518 g/mol. The maximum atomic E-state index is 13.1. The van der Waals surface area contributed by atoms with Gasteiger partial charge in [-0.25, -0.2) is 14.3 Å². The van der Waals surface area contributed by atoms with Crippen LogP contribution in [0.1, 0.15) is 38.7 Å². The highest BCUT2D eigenvalue weighted by Crippen LogP contribution is 2.29. The molecule has 0 spiro atoms. The number of benzene rings is 1. The van der Waals surface area contributed by atoms with Gasteiger partial charge in [-0.2, -0.15) is 4.98 Å². The Kier molecular flexibility index (Phi) is 8.34. The number of hydrogen-bond donors (Lipinski definition) is 3. The van der Waals surface area contributed by atoms with E-state index in [1.54, 1.807) is 6.08 Å². The first-order chi connectivity index (χ1) is 19.7. The second kappa shape index (κ2) is 12.1. The van der Waals surface area contributed by atoms with Crippen LogP contribution < -0.4 is 21.1 Å². The molecule has 2 saturated heterocycles. The van der Waals surface area contributed by atoms with Gasteiger partial charge < -0.3 is 20.4 Å². The molecule has 5 rings (SSSR count). The van der Waals surface area contributed by atoms with Gasteiger partial charge in [-0.1, -0.05) is 6.08 Å². The summed E-state index contributed by atoms with van der Waals surface area (Å²) in [6, 6.07) is 6.93. The number of anilines is 3. The van der Waals surface area contributed by atoms with Crippen LogP contribution in [0, 0.1) is 12.3 Å². The van der Waals surface area contributed by atoms with Crippen LogP contribution in [0.4, 0.5) is 17.3 Å². The van der Waals surface area contributed by atoms with Crippen molar-refractivity contribution in [3.8, 4) is 0 Å². The lowest BCUT2D eigenvalue weighted by Gasteiger charge is -2.43. The van der Waals surface area contributed by atoms with Crippen LogP contribution in [-0.4, -0.2) is 74.2 Å². The van der Waals surface area contributed by atoms with E-state index >= 15 is 0 Å². The van der Waals surface area contributed by atoms with E-state index in [0.29, 0.717) is 5.95 Å². The predicted molar refractivity (Wildman–Crippen MR) is 163 cm³/mol. The molecule has 2 aliphatic rings. The van der Waals surface area contributed by atoms with Crippen molar-refractivity contribution < 1.29 is 4.79 Å². The van der Waals surface area contributed by atoms with Gasteiger partial charge in [-0.15, -0.1) is 6.58 Å². The van der Waals surface area contributed by atoms with E-state index in [-0.39, 0.29) is 40.9 Å². The van der Waals surface area contributed by atoms with Crippen LogP contribution in [0.25, 0.3) is 11.0 Å². The molecule has 0 saturated carbocycles. The second-order valence-electron chi connectivity index (χ2n) is 11.0. The first kappa shape index (κ1) is 28.3. The normalized spacial score (nSPS) is 16.3. The van der Waals surface area contributed by atoms with Crippen LogP contribution in [0.15, 0.2) is 54.0 Å². The molecule has 3 N–H and O–H groups in total. The van der Waals surface area contributed by atoms with Crippen molar-refractivity contribution >= 4 is 40.1 Å². The number of aryl methyl sites for hydroxylation is 1. The van der Waals surface area contributed by atoms with Gasteiger partial charge >= 0.3 is 0 Å². The van der Waals surface area contributed by atoms with Crippen molar-refractivity contribution in [3.05, 3.63) is 65.1 Å². The van der Waals surface area contributed by atoms with Crippen molar-refractivity contribution in [1.29, 1.82) is 5.41 Å². The number of fused-ring (bicyclic) bond motifs is 1. The molecule has 0 bridgehead atoms. The van der Waals surface area contributed by atoms with Crippen molar-refractivity contribution in [3.63, 3.8) is 0 Å². The van der Waals surface area contributed by atoms with Crippen molar-refractivity contribution in [2.45, 2.75) is 58.7 Å². The number of likely N-dealkylation sites (tertiary alicyclic amines) is 1. The minimum atomic E-state index is -0.339. The Hall–Kier alpha value is -4.25. The Balaban J connectivity index is 1.36. The monoisotopic (exact) mass is 557 g/mol. The molecular formula is C30H39N9O2. The van der Waals surface area contributed by atoms with E-state index in [1.165, 1.54) is 71.3 Å². The van der Waals surface area contributed by atoms with Crippen molar-refractivity contribution in [2.24, 2.45) is 0 Å². The minimum Gasteiger partial charge on any atom is -0.371 e. The van der Waals surface area contributed by atoms with Gasteiger partial charge in [-0.3, -0.25) is 15.0 Å². The third-order valence-corrected chi connectivity index (χ3v) is 7.69. The summed E-state index contributed by atoms with van der Waals surface area (Å²) in [6.45, 7) is 14.4. The summed E-state index contributed by atoms with van der Waals surface area (Å²) in [5.41, 5.74) is 3.17. The molecule has 4 heterocycles. The molecule has 11 nitrogen and oxygen atoms in total. The Morgan fingerprint density at radius 3 is 2.59 bits per heavy atom. The summed E-state index contributed by atoms with van der Waals surface area (Å²) in [5.74, 6) is -0.102. The summed E-state index contributed by atoms with van der Waals surface area (Å²) in [5, 5.41) is 14.9. The third kappa shape index (κ3) is 6.09. The Bertz CT molecular complexity index is 1540. The zero-order valence-electron chi connectivity index (χ0n) is 24.1. The Morgan fingerprint density at radius 1 is 1.20 bits per heavy atom. The molecule has 1 amide bonds. The van der Waals surface area contributed by atoms with Gasteiger partial charge in [0.05, 0.1) is 6.54 Å². The number of amides is 1. The van der Waals surface area contributed by atoms with E-state index in [0.717, 1.165) is 24.8 Å². The summed E-state index contributed by atoms with van der Waals surface area (Å²) in [6.07, 6.45) is 9.40. The fourth-order valence-electron chi connectivity index (χ4n) is 5.57. The molecule has 0 atom stereocenters. The molecule has 3 aromatic rings. The molecule has 11 heteroatoms. The number of hydrogen-bond acceptors (Lipinski definition) is 8. The maximum Gasteiger partial charge on any atom is 0.278 e. The summed E-state index contributed by atoms with van der Waals surface area (Å²) in [7, 11) is 0. The van der Waals surface area contributed by atoms with Crippen LogP contribution in [-0.2, 0) is 11.3 Å². The van der Waals surface area contributed by atoms with Crippen LogP contribution in [0.5, 0.6) is 0 Å². The fraction of sp³-hybridized carbons (Fsp3) is 0.433. The Morgan fingerprint density at radius 2 is 1.95 bits per heavy atom. The van der Waals surface area contributed by atoms with Gasteiger partial charge in [0, 0.05) is 48.8 Å². The lowest BCUT2D eigenvalue weighted by Crippen LogP contribution is -2.50. The largest absolute Gasteiger partial charge is 0.371 e. The number of aromatic nitrogens is 4. The number of allylic oxidation sites excluding steroid dienone is 2. The first-order valence-corrected chi connectivity index (χ1v) is 14.3. The van der Waals surface area contributed by atoms with E-state index in [9.17, 15) is 9.59 Å². The summed E-state index contributed by atoms with van der Waals surface area (Å²) >= 11 is 0. The molecule has 2 aliphatic heterocycles. The predicted octanol–water partition coefficient (Wildman–Crippen LogP) is 3.41. The fourth-order valence-corrected chi connectivity index (χ4v) is 5.57. The highest BCUT2D eigenvalue weighted by molar-refractivity contribution is 6.01. The molecule has 2 aromatic heterocycles. The third-order valence-electron chi connectivity index (χ3n) is 7.69. The van der Waals surface area contributed by atoms with Gasteiger partial charge in [-0.05, 0) is 83.0 Å². The highest BCUT2D eigenvalue weighted by atomic mass is 16.1. The van der Waals surface area contributed by atoms with Gasteiger partial charge in [0.1, 0.15) is 11.2 Å². The molecule has 1 aromatic carbocycles. The van der Waals surface area contributed by atoms with Crippen molar-refractivity contribution in [1.82, 2.24) is 29.5 Å². The second-order valence-corrected chi connectivity index (χ2v) is 11.0. The lowest BCUT2D eigenvalue weighted by atomic mass is 9.98. The van der Waals surface area contributed by atoms with E-state index in [4.69, 9.17) is 5.41 Å². The number of carbonyl (C=O) groups excluding carboxylic acids is 1. The van der Waals surface area contributed by atoms with E-state index in [1.807, 2.05) is 19.9 Å². The SMILES string of the molecule is C=CCn1c(=O)c2cnc(Nc3ccc(N4CCC(N5CCC5)CC4)c(C)c3)nc2n1C(=N)/C=C\C(=O)NC(C)C. The summed E-state index contributed by atoms with van der Waals surface area (Å²) < 4.78 is 2.73. The average Bonchev–Trinajstić information content (AvgIpc) is 3.17. The first-order valence-electron chi connectivity index (χ1n) is 14.3. The topological polar surface area (TPSA) is 124 Å².